The third kappa shape index (κ3) is 4.46. The first-order chi connectivity index (χ1) is 11.3. The highest BCUT2D eigenvalue weighted by atomic mass is 28.3. The molecule has 0 atom stereocenters. The van der Waals surface area contributed by atoms with Crippen molar-refractivity contribution in [2.75, 3.05) is 0 Å². The molecule has 0 bridgehead atoms. The van der Waals surface area contributed by atoms with Gasteiger partial charge in [-0.15, -0.1) is 0 Å². The minimum absolute atomic E-state index is 1.21. The Kier molecular flexibility index (Phi) is 5.84. The summed E-state index contributed by atoms with van der Waals surface area (Å²) in [5, 5.41) is 3.11. The van der Waals surface area contributed by atoms with Crippen molar-refractivity contribution < 1.29 is 0 Å². The standard InChI is InChI=1S/C22H30Si2/c1-7-19-9-13-21(14-10-19)23(3,4)17-18-24(5,6)22-15-11-20(8-2)12-16-22/h7-16H,1-2,17-18H2,3-6H3. The first-order valence-corrected chi connectivity index (χ1v) is 15.2. The molecule has 0 fully saturated rings. The van der Waals surface area contributed by atoms with Crippen molar-refractivity contribution in [3.05, 3.63) is 72.8 Å². The van der Waals surface area contributed by atoms with Gasteiger partial charge in [0.15, 0.2) is 0 Å². The van der Waals surface area contributed by atoms with E-state index in [1.54, 1.807) is 10.4 Å². The Morgan fingerprint density at radius 2 is 0.917 bits per heavy atom. The van der Waals surface area contributed by atoms with Crippen LogP contribution in [0, 0.1) is 0 Å². The third-order valence-electron chi connectivity index (χ3n) is 5.23. The molecule has 2 aromatic carbocycles. The van der Waals surface area contributed by atoms with Gasteiger partial charge in [0.2, 0.25) is 0 Å². The molecule has 0 unspecified atom stereocenters. The second-order valence-electron chi connectivity index (χ2n) is 7.92. The van der Waals surface area contributed by atoms with Crippen LogP contribution in [0.25, 0.3) is 12.2 Å². The molecule has 0 N–H and O–H groups in total. The molecule has 0 saturated heterocycles. The SMILES string of the molecule is C=Cc1ccc([Si](C)(C)CC[Si](C)(C)c2ccc(C=C)cc2)cc1. The molecule has 24 heavy (non-hydrogen) atoms. The molecule has 0 amide bonds. The van der Waals surface area contributed by atoms with Crippen molar-refractivity contribution in [1.82, 2.24) is 0 Å². The van der Waals surface area contributed by atoms with E-state index in [2.05, 4.69) is 87.9 Å². The molecule has 2 heteroatoms. The summed E-state index contributed by atoms with van der Waals surface area (Å²) in [5.41, 5.74) is 2.42. The maximum atomic E-state index is 3.85. The van der Waals surface area contributed by atoms with E-state index in [0.29, 0.717) is 0 Å². The van der Waals surface area contributed by atoms with Gasteiger partial charge >= 0.3 is 0 Å². The smallest absolute Gasteiger partial charge is 0.0803 e. The fraction of sp³-hybridized carbons (Fsp3) is 0.273. The van der Waals surface area contributed by atoms with Crippen molar-refractivity contribution in [2.45, 2.75) is 38.3 Å². The molecule has 0 aromatic heterocycles. The monoisotopic (exact) mass is 350 g/mol. The van der Waals surface area contributed by atoms with E-state index >= 15 is 0 Å². The maximum Gasteiger partial charge on any atom is 0.0803 e. The second-order valence-corrected chi connectivity index (χ2v) is 17.6. The van der Waals surface area contributed by atoms with Crippen LogP contribution in [0.2, 0.25) is 38.3 Å². The molecule has 0 aliphatic heterocycles. The zero-order valence-electron chi connectivity index (χ0n) is 15.6. The van der Waals surface area contributed by atoms with Gasteiger partial charge in [-0.2, -0.15) is 0 Å². The zero-order valence-corrected chi connectivity index (χ0v) is 17.6. The predicted molar refractivity (Wildman–Crippen MR) is 117 cm³/mol. The van der Waals surface area contributed by atoms with E-state index in [9.17, 15) is 0 Å². The van der Waals surface area contributed by atoms with Gasteiger partial charge in [0.1, 0.15) is 0 Å². The summed E-state index contributed by atoms with van der Waals surface area (Å²) in [6, 6.07) is 20.8. The van der Waals surface area contributed by atoms with Gasteiger partial charge < -0.3 is 0 Å². The van der Waals surface area contributed by atoms with Gasteiger partial charge in [-0.25, -0.2) is 0 Å². The molecular formula is C22H30Si2. The van der Waals surface area contributed by atoms with E-state index < -0.39 is 16.1 Å². The van der Waals surface area contributed by atoms with Crippen LogP contribution < -0.4 is 10.4 Å². The molecular weight excluding hydrogens is 320 g/mol. The summed E-state index contributed by atoms with van der Waals surface area (Å²) < 4.78 is 0. The quantitative estimate of drug-likeness (QED) is 0.578. The lowest BCUT2D eigenvalue weighted by Gasteiger charge is -2.29. The summed E-state index contributed by atoms with van der Waals surface area (Å²) >= 11 is 0. The molecule has 2 aromatic rings. The Balaban J connectivity index is 2.10. The van der Waals surface area contributed by atoms with Crippen LogP contribution in [0.1, 0.15) is 11.1 Å². The van der Waals surface area contributed by atoms with Crippen molar-refractivity contribution >= 4 is 38.7 Å². The maximum absolute atomic E-state index is 3.85. The van der Waals surface area contributed by atoms with Crippen molar-refractivity contribution in [3.63, 3.8) is 0 Å². The van der Waals surface area contributed by atoms with E-state index in [0.717, 1.165) is 0 Å². The Bertz CT molecular complexity index is 628. The van der Waals surface area contributed by atoms with Crippen LogP contribution in [0.3, 0.4) is 0 Å². The fourth-order valence-electron chi connectivity index (χ4n) is 3.05. The highest BCUT2D eigenvalue weighted by molar-refractivity contribution is 6.94. The van der Waals surface area contributed by atoms with Crippen molar-refractivity contribution in [1.29, 1.82) is 0 Å². The Morgan fingerprint density at radius 3 is 1.17 bits per heavy atom. The Hall–Kier alpha value is -1.65. The van der Waals surface area contributed by atoms with Crippen LogP contribution in [0.15, 0.2) is 61.7 Å². The molecule has 0 aliphatic rings. The van der Waals surface area contributed by atoms with E-state index in [-0.39, 0.29) is 0 Å². The lowest BCUT2D eigenvalue weighted by atomic mass is 10.2. The minimum atomic E-state index is -1.39. The first-order valence-electron chi connectivity index (χ1n) is 8.74. The molecule has 0 nitrogen and oxygen atoms in total. The summed E-state index contributed by atoms with van der Waals surface area (Å²) in [5.74, 6) is 0. The lowest BCUT2D eigenvalue weighted by Crippen LogP contribution is -2.47. The predicted octanol–water partition coefficient (Wildman–Crippen LogP) is 5.50. The number of hydrogen-bond acceptors (Lipinski definition) is 0. The number of benzene rings is 2. The van der Waals surface area contributed by atoms with Crippen LogP contribution >= 0.6 is 0 Å². The average Bonchev–Trinajstić information content (AvgIpc) is 2.60. The van der Waals surface area contributed by atoms with Crippen LogP contribution in [-0.4, -0.2) is 16.1 Å². The van der Waals surface area contributed by atoms with Gasteiger partial charge in [-0.05, 0) is 11.1 Å². The van der Waals surface area contributed by atoms with Crippen molar-refractivity contribution in [2.24, 2.45) is 0 Å². The fourth-order valence-corrected chi connectivity index (χ4v) is 10.8. The molecule has 0 heterocycles. The molecule has 2 rings (SSSR count). The molecule has 0 aliphatic carbocycles. The van der Waals surface area contributed by atoms with E-state index in [4.69, 9.17) is 0 Å². The minimum Gasteiger partial charge on any atom is -0.0985 e. The van der Waals surface area contributed by atoms with Crippen LogP contribution in [-0.2, 0) is 0 Å². The van der Waals surface area contributed by atoms with E-state index in [1.165, 1.54) is 23.2 Å². The van der Waals surface area contributed by atoms with Gasteiger partial charge in [-0.3, -0.25) is 0 Å². The normalized spacial score (nSPS) is 12.0. The first kappa shape index (κ1) is 18.7. The van der Waals surface area contributed by atoms with Crippen molar-refractivity contribution in [3.8, 4) is 0 Å². The molecule has 126 valence electrons. The summed E-state index contributed by atoms with van der Waals surface area (Å²) in [6.07, 6.45) is 3.84. The number of hydrogen-bond donors (Lipinski definition) is 0. The Labute approximate surface area is 150 Å². The highest BCUT2D eigenvalue weighted by Gasteiger charge is 2.29. The van der Waals surface area contributed by atoms with Gasteiger partial charge in [0, 0.05) is 0 Å². The van der Waals surface area contributed by atoms with Gasteiger partial charge in [0.25, 0.3) is 0 Å². The summed E-state index contributed by atoms with van der Waals surface area (Å²) in [4.78, 5) is 0. The Morgan fingerprint density at radius 1 is 0.625 bits per heavy atom. The second kappa shape index (κ2) is 7.50. The van der Waals surface area contributed by atoms with Gasteiger partial charge in [0.05, 0.1) is 16.1 Å². The largest absolute Gasteiger partial charge is 0.0985 e. The topological polar surface area (TPSA) is 0 Å². The third-order valence-corrected chi connectivity index (χ3v) is 12.5. The van der Waals surface area contributed by atoms with E-state index in [1.807, 2.05) is 12.2 Å². The summed E-state index contributed by atoms with van der Waals surface area (Å²) in [7, 11) is -2.78. The molecule has 0 radical (unpaired) electrons. The lowest BCUT2D eigenvalue weighted by molar-refractivity contribution is 1.29. The summed E-state index contributed by atoms with van der Waals surface area (Å²) in [6.45, 7) is 17.7. The van der Waals surface area contributed by atoms with Gasteiger partial charge in [-0.1, -0.05) is 122 Å². The molecule has 0 saturated carbocycles. The number of rotatable bonds is 7. The highest BCUT2D eigenvalue weighted by Crippen LogP contribution is 2.21. The zero-order chi connectivity index (χ0) is 17.8. The average molecular weight is 351 g/mol. The molecule has 0 spiro atoms. The van der Waals surface area contributed by atoms with Crippen LogP contribution in [0.5, 0.6) is 0 Å². The van der Waals surface area contributed by atoms with Crippen LogP contribution in [0.4, 0.5) is 0 Å².